The maximum absolute atomic E-state index is 8.57. The second kappa shape index (κ2) is 1.88. The van der Waals surface area contributed by atoms with Crippen molar-refractivity contribution in [2.24, 2.45) is 0 Å². The summed E-state index contributed by atoms with van der Waals surface area (Å²) in [5.74, 6) is 0.0234. The van der Waals surface area contributed by atoms with Crippen LogP contribution < -0.4 is 0 Å². The normalized spacial score (nSPS) is 26.6. The van der Waals surface area contributed by atoms with Gasteiger partial charge in [0, 0.05) is 0 Å². The molecule has 0 spiro atoms. The molecule has 0 radical (unpaired) electrons. The number of hydrogen-bond donors (Lipinski definition) is 2. The number of allylic oxidation sites excluding steroid dienone is 1. The molecule has 1 aliphatic rings. The summed E-state index contributed by atoms with van der Waals surface area (Å²) >= 11 is 0. The highest BCUT2D eigenvalue weighted by Crippen LogP contribution is 2.02. The molecule has 1 heterocycles. The molecule has 0 aliphatic carbocycles. The summed E-state index contributed by atoms with van der Waals surface area (Å²) in [5, 5.41) is 17.1. The molecule has 0 fully saturated rings. The molecule has 0 aromatic heterocycles. The van der Waals surface area contributed by atoms with Gasteiger partial charge in [-0.25, -0.2) is 0 Å². The summed E-state index contributed by atoms with van der Waals surface area (Å²) in [6.45, 7) is 0. The lowest BCUT2D eigenvalue weighted by Gasteiger charge is -2.08. The highest BCUT2D eigenvalue weighted by molar-refractivity contribution is 5.11. The van der Waals surface area contributed by atoms with Crippen LogP contribution in [0.3, 0.4) is 0 Å². The molecule has 3 heteroatoms. The predicted octanol–water partition coefficient (Wildman–Crippen LogP) is 0.291. The quantitative estimate of drug-likeness (QED) is 0.476. The average molecular weight is 114 g/mol. The minimum Gasteiger partial charge on any atom is -0.505 e. The molecule has 44 valence electrons. The maximum Gasteiger partial charge on any atom is 0.216 e. The van der Waals surface area contributed by atoms with E-state index in [1.807, 2.05) is 0 Å². The third-order valence-corrected chi connectivity index (χ3v) is 0.760. The van der Waals surface area contributed by atoms with Crippen molar-refractivity contribution >= 4 is 0 Å². The van der Waals surface area contributed by atoms with Crippen molar-refractivity contribution < 1.29 is 14.9 Å². The van der Waals surface area contributed by atoms with E-state index in [-0.39, 0.29) is 5.76 Å². The fraction of sp³-hybridized carbons (Fsp3) is 0.200. The van der Waals surface area contributed by atoms with Crippen LogP contribution in [0.15, 0.2) is 24.2 Å². The van der Waals surface area contributed by atoms with Gasteiger partial charge < -0.3 is 14.9 Å². The van der Waals surface area contributed by atoms with E-state index in [0.717, 1.165) is 6.26 Å². The van der Waals surface area contributed by atoms with Crippen molar-refractivity contribution in [3.05, 3.63) is 24.2 Å². The van der Waals surface area contributed by atoms with Gasteiger partial charge in [0.25, 0.3) is 0 Å². The van der Waals surface area contributed by atoms with E-state index in [1.54, 1.807) is 0 Å². The smallest absolute Gasteiger partial charge is 0.216 e. The molecule has 1 unspecified atom stereocenters. The van der Waals surface area contributed by atoms with Crippen molar-refractivity contribution in [2.75, 3.05) is 0 Å². The first kappa shape index (κ1) is 5.18. The molecule has 0 saturated heterocycles. The fourth-order valence-corrected chi connectivity index (χ4v) is 0.405. The SMILES string of the molecule is OC1=COC(O)C=C1. The molecule has 1 aliphatic heterocycles. The zero-order valence-corrected chi connectivity index (χ0v) is 4.11. The standard InChI is InChI=1S/C5H6O3/c6-4-1-2-5(7)8-3-4/h1-3,5-7H. The minimum atomic E-state index is -0.897. The molecule has 3 nitrogen and oxygen atoms in total. The molecular weight excluding hydrogens is 108 g/mol. The molecular formula is C5H6O3. The number of hydrogen-bond acceptors (Lipinski definition) is 3. The number of aliphatic hydroxyl groups is 2. The third kappa shape index (κ3) is 1.01. The number of rotatable bonds is 0. The lowest BCUT2D eigenvalue weighted by Crippen LogP contribution is -2.07. The lowest BCUT2D eigenvalue weighted by atomic mass is 10.4. The highest BCUT2D eigenvalue weighted by atomic mass is 16.6. The van der Waals surface area contributed by atoms with Gasteiger partial charge in [0.15, 0.2) is 0 Å². The van der Waals surface area contributed by atoms with Gasteiger partial charge in [-0.05, 0) is 12.2 Å². The van der Waals surface area contributed by atoms with Crippen molar-refractivity contribution in [2.45, 2.75) is 6.29 Å². The Morgan fingerprint density at radius 2 is 2.38 bits per heavy atom. The average Bonchev–Trinajstić information content (AvgIpc) is 1.77. The zero-order chi connectivity index (χ0) is 5.98. The van der Waals surface area contributed by atoms with Gasteiger partial charge in [-0.2, -0.15) is 0 Å². The second-order valence-electron chi connectivity index (χ2n) is 1.43. The van der Waals surface area contributed by atoms with Crippen molar-refractivity contribution in [3.8, 4) is 0 Å². The van der Waals surface area contributed by atoms with Gasteiger partial charge in [-0.15, -0.1) is 0 Å². The molecule has 0 saturated carbocycles. The Kier molecular flexibility index (Phi) is 1.22. The first-order chi connectivity index (χ1) is 3.79. The van der Waals surface area contributed by atoms with Crippen molar-refractivity contribution in [1.82, 2.24) is 0 Å². The van der Waals surface area contributed by atoms with Gasteiger partial charge in [-0.1, -0.05) is 0 Å². The zero-order valence-electron chi connectivity index (χ0n) is 4.11. The maximum atomic E-state index is 8.57. The highest BCUT2D eigenvalue weighted by Gasteiger charge is 2.01. The Morgan fingerprint density at radius 1 is 1.62 bits per heavy atom. The van der Waals surface area contributed by atoms with E-state index in [2.05, 4.69) is 4.74 Å². The molecule has 0 amide bonds. The van der Waals surface area contributed by atoms with Gasteiger partial charge in [0.1, 0.15) is 12.0 Å². The van der Waals surface area contributed by atoms with Crippen molar-refractivity contribution in [1.29, 1.82) is 0 Å². The molecule has 2 N–H and O–H groups in total. The van der Waals surface area contributed by atoms with E-state index in [9.17, 15) is 0 Å². The molecule has 1 rings (SSSR count). The summed E-state index contributed by atoms with van der Waals surface area (Å²) in [6.07, 6.45) is 2.90. The van der Waals surface area contributed by atoms with Crippen LogP contribution in [0.25, 0.3) is 0 Å². The predicted molar refractivity (Wildman–Crippen MR) is 26.9 cm³/mol. The monoisotopic (exact) mass is 114 g/mol. The fourth-order valence-electron chi connectivity index (χ4n) is 0.405. The van der Waals surface area contributed by atoms with Crippen LogP contribution in [-0.2, 0) is 4.74 Å². The summed E-state index contributed by atoms with van der Waals surface area (Å²) < 4.78 is 4.45. The summed E-state index contributed by atoms with van der Waals surface area (Å²) in [4.78, 5) is 0. The molecule has 1 atom stereocenters. The molecule has 0 aromatic carbocycles. The van der Waals surface area contributed by atoms with Crippen LogP contribution in [0.1, 0.15) is 0 Å². The Bertz CT molecular complexity index is 137. The largest absolute Gasteiger partial charge is 0.505 e. The Balaban J connectivity index is 2.58. The number of aliphatic hydroxyl groups excluding tert-OH is 2. The van der Waals surface area contributed by atoms with Gasteiger partial charge >= 0.3 is 0 Å². The van der Waals surface area contributed by atoms with Crippen LogP contribution in [-0.4, -0.2) is 16.5 Å². The van der Waals surface area contributed by atoms with Gasteiger partial charge in [0.05, 0.1) is 0 Å². The first-order valence-electron chi connectivity index (χ1n) is 2.20. The Labute approximate surface area is 46.5 Å². The Morgan fingerprint density at radius 3 is 2.75 bits per heavy atom. The third-order valence-electron chi connectivity index (χ3n) is 0.760. The van der Waals surface area contributed by atoms with Crippen LogP contribution in [0.4, 0.5) is 0 Å². The summed E-state index contributed by atoms with van der Waals surface area (Å²) in [7, 11) is 0. The van der Waals surface area contributed by atoms with Gasteiger partial charge in [0.2, 0.25) is 6.29 Å². The van der Waals surface area contributed by atoms with Gasteiger partial charge in [-0.3, -0.25) is 0 Å². The second-order valence-corrected chi connectivity index (χ2v) is 1.43. The van der Waals surface area contributed by atoms with Crippen LogP contribution in [0, 0.1) is 0 Å². The van der Waals surface area contributed by atoms with Crippen LogP contribution in [0.5, 0.6) is 0 Å². The first-order valence-corrected chi connectivity index (χ1v) is 2.20. The summed E-state index contributed by atoms with van der Waals surface area (Å²) in [5.41, 5.74) is 0. The summed E-state index contributed by atoms with van der Waals surface area (Å²) in [6, 6.07) is 0. The minimum absolute atomic E-state index is 0.0234. The Hall–Kier alpha value is -0.960. The van der Waals surface area contributed by atoms with E-state index in [1.165, 1.54) is 12.2 Å². The van der Waals surface area contributed by atoms with Crippen molar-refractivity contribution in [3.63, 3.8) is 0 Å². The van der Waals surface area contributed by atoms with Crippen LogP contribution >= 0.6 is 0 Å². The molecule has 0 bridgehead atoms. The van der Waals surface area contributed by atoms with E-state index < -0.39 is 6.29 Å². The topological polar surface area (TPSA) is 49.7 Å². The lowest BCUT2D eigenvalue weighted by molar-refractivity contribution is -0.0179. The number of ether oxygens (including phenoxy) is 1. The van der Waals surface area contributed by atoms with E-state index >= 15 is 0 Å². The van der Waals surface area contributed by atoms with Crippen LogP contribution in [0.2, 0.25) is 0 Å². The molecule has 0 aromatic rings. The molecule has 8 heavy (non-hydrogen) atoms. The van der Waals surface area contributed by atoms with E-state index in [0.29, 0.717) is 0 Å². The van der Waals surface area contributed by atoms with E-state index in [4.69, 9.17) is 10.2 Å².